The number of aromatic nitrogens is 1. The highest BCUT2D eigenvalue weighted by Crippen LogP contribution is 2.31. The zero-order valence-electron chi connectivity index (χ0n) is 10.9. The molecular formula is C11H19N3O2S2. The van der Waals surface area contributed by atoms with Crippen molar-refractivity contribution in [3.8, 4) is 0 Å². The Morgan fingerprint density at radius 3 is 2.72 bits per heavy atom. The smallest absolute Gasteiger partial charge is 0.186 e. The number of hydrogen-bond donors (Lipinski definition) is 1. The summed E-state index contributed by atoms with van der Waals surface area (Å²) < 4.78 is 23.1. The van der Waals surface area contributed by atoms with E-state index in [0.29, 0.717) is 6.54 Å². The number of rotatable bonds is 2. The molecule has 5 nitrogen and oxygen atoms in total. The maximum absolute atomic E-state index is 11.6. The van der Waals surface area contributed by atoms with Crippen LogP contribution in [0.5, 0.6) is 0 Å². The van der Waals surface area contributed by atoms with Gasteiger partial charge in [-0.2, -0.15) is 0 Å². The molecule has 2 rings (SSSR count). The van der Waals surface area contributed by atoms with Gasteiger partial charge in [0.15, 0.2) is 15.0 Å². The SMILES string of the molecule is Cc1nc(N2CCS(=O)(=O)CC2C)sc1C(C)N. The third kappa shape index (κ3) is 2.67. The molecule has 1 saturated heterocycles. The Bertz CT molecular complexity index is 536. The van der Waals surface area contributed by atoms with E-state index < -0.39 is 9.84 Å². The van der Waals surface area contributed by atoms with Crippen molar-refractivity contribution in [3.05, 3.63) is 10.6 Å². The summed E-state index contributed by atoms with van der Waals surface area (Å²) in [5.74, 6) is 0.419. The van der Waals surface area contributed by atoms with Crippen molar-refractivity contribution in [3.63, 3.8) is 0 Å². The van der Waals surface area contributed by atoms with E-state index in [1.165, 1.54) is 0 Å². The molecule has 0 aromatic carbocycles. The van der Waals surface area contributed by atoms with Gasteiger partial charge in [0.1, 0.15) is 0 Å². The van der Waals surface area contributed by atoms with Gasteiger partial charge in [-0.05, 0) is 20.8 Å². The van der Waals surface area contributed by atoms with Gasteiger partial charge in [0.2, 0.25) is 0 Å². The lowest BCUT2D eigenvalue weighted by atomic mass is 10.2. The fourth-order valence-corrected chi connectivity index (χ4v) is 4.93. The van der Waals surface area contributed by atoms with E-state index in [2.05, 4.69) is 9.88 Å². The minimum absolute atomic E-state index is 0.0183. The molecule has 0 saturated carbocycles. The molecule has 2 N–H and O–H groups in total. The Hall–Kier alpha value is -0.660. The third-order valence-corrected chi connectivity index (χ3v) is 6.34. The summed E-state index contributed by atoms with van der Waals surface area (Å²) in [6.45, 7) is 6.34. The molecule has 1 aliphatic heterocycles. The average molecular weight is 289 g/mol. The normalized spacial score (nSPS) is 25.1. The molecule has 2 heterocycles. The van der Waals surface area contributed by atoms with Crippen LogP contribution in [0.25, 0.3) is 0 Å². The van der Waals surface area contributed by atoms with Gasteiger partial charge in [-0.3, -0.25) is 0 Å². The molecule has 1 fully saturated rings. The number of thiazole rings is 1. The molecule has 0 radical (unpaired) electrons. The summed E-state index contributed by atoms with van der Waals surface area (Å²) in [5.41, 5.74) is 6.84. The van der Waals surface area contributed by atoms with Crippen LogP contribution in [0.4, 0.5) is 5.13 Å². The van der Waals surface area contributed by atoms with E-state index in [-0.39, 0.29) is 23.6 Å². The first-order valence-corrected chi connectivity index (χ1v) is 8.64. The second-order valence-electron chi connectivity index (χ2n) is 4.89. The van der Waals surface area contributed by atoms with Crippen LogP contribution in [-0.4, -0.2) is 37.5 Å². The highest BCUT2D eigenvalue weighted by Gasteiger charge is 2.30. The Labute approximate surface area is 112 Å². The van der Waals surface area contributed by atoms with E-state index in [9.17, 15) is 8.42 Å². The molecule has 0 bridgehead atoms. The van der Waals surface area contributed by atoms with Crippen LogP contribution in [0.15, 0.2) is 0 Å². The lowest BCUT2D eigenvalue weighted by molar-refractivity contribution is 0.568. The molecule has 7 heteroatoms. The maximum Gasteiger partial charge on any atom is 0.186 e. The molecule has 2 atom stereocenters. The molecular weight excluding hydrogens is 270 g/mol. The minimum atomic E-state index is -2.88. The number of aryl methyl sites for hydroxylation is 1. The van der Waals surface area contributed by atoms with Crippen molar-refractivity contribution in [1.29, 1.82) is 0 Å². The van der Waals surface area contributed by atoms with Crippen LogP contribution in [-0.2, 0) is 9.84 Å². The predicted octanol–water partition coefficient (Wildman–Crippen LogP) is 1.09. The minimum Gasteiger partial charge on any atom is -0.343 e. The summed E-state index contributed by atoms with van der Waals surface area (Å²) in [7, 11) is -2.88. The lowest BCUT2D eigenvalue weighted by Crippen LogP contribution is -2.47. The van der Waals surface area contributed by atoms with E-state index in [0.717, 1.165) is 15.7 Å². The van der Waals surface area contributed by atoms with Crippen LogP contribution in [0.3, 0.4) is 0 Å². The van der Waals surface area contributed by atoms with Crippen molar-refractivity contribution in [2.45, 2.75) is 32.9 Å². The topological polar surface area (TPSA) is 76.3 Å². The highest BCUT2D eigenvalue weighted by molar-refractivity contribution is 7.91. The summed E-state index contributed by atoms with van der Waals surface area (Å²) >= 11 is 1.57. The third-order valence-electron chi connectivity index (χ3n) is 3.15. The molecule has 18 heavy (non-hydrogen) atoms. The number of nitrogens with zero attached hydrogens (tertiary/aromatic N) is 2. The number of hydrogen-bond acceptors (Lipinski definition) is 6. The van der Waals surface area contributed by atoms with Crippen molar-refractivity contribution in [2.75, 3.05) is 23.0 Å². The molecule has 0 amide bonds. The Balaban J connectivity index is 2.25. The lowest BCUT2D eigenvalue weighted by Gasteiger charge is -2.32. The first kappa shape index (κ1) is 13.8. The molecule has 2 unspecified atom stereocenters. The first-order chi connectivity index (χ1) is 8.30. The van der Waals surface area contributed by atoms with Crippen molar-refractivity contribution < 1.29 is 8.42 Å². The molecule has 102 valence electrons. The maximum atomic E-state index is 11.6. The van der Waals surface area contributed by atoms with Gasteiger partial charge in [0.25, 0.3) is 0 Å². The zero-order valence-corrected chi connectivity index (χ0v) is 12.5. The second kappa shape index (κ2) is 4.79. The van der Waals surface area contributed by atoms with E-state index >= 15 is 0 Å². The van der Waals surface area contributed by atoms with Gasteiger partial charge in [-0.25, -0.2) is 13.4 Å². The molecule has 1 aromatic heterocycles. The number of anilines is 1. The largest absolute Gasteiger partial charge is 0.343 e. The van der Waals surface area contributed by atoms with Gasteiger partial charge in [-0.15, -0.1) is 11.3 Å². The quantitative estimate of drug-likeness (QED) is 0.882. The van der Waals surface area contributed by atoms with Gasteiger partial charge in [0.05, 0.1) is 17.2 Å². The fraction of sp³-hybridized carbons (Fsp3) is 0.727. The number of nitrogens with two attached hydrogens (primary N) is 1. The second-order valence-corrected chi connectivity index (χ2v) is 8.13. The fourth-order valence-electron chi connectivity index (χ4n) is 2.22. The van der Waals surface area contributed by atoms with E-state index in [1.807, 2.05) is 20.8 Å². The molecule has 0 spiro atoms. The monoisotopic (exact) mass is 289 g/mol. The van der Waals surface area contributed by atoms with E-state index in [1.54, 1.807) is 11.3 Å². The van der Waals surface area contributed by atoms with Crippen LogP contribution in [0, 0.1) is 6.92 Å². The molecule has 0 aliphatic carbocycles. The van der Waals surface area contributed by atoms with Gasteiger partial charge < -0.3 is 10.6 Å². The Morgan fingerprint density at radius 2 is 2.22 bits per heavy atom. The van der Waals surface area contributed by atoms with Crippen molar-refractivity contribution in [2.24, 2.45) is 5.73 Å². The summed E-state index contributed by atoms with van der Waals surface area (Å²) in [6, 6.07) is -0.0460. The standard InChI is InChI=1S/C11H19N3O2S2/c1-7-6-18(15,16)5-4-14(7)11-13-9(3)10(17-11)8(2)12/h7-8H,4-6,12H2,1-3H3. The van der Waals surface area contributed by atoms with Crippen LogP contribution < -0.4 is 10.6 Å². The summed E-state index contributed by atoms with van der Waals surface area (Å²) in [6.07, 6.45) is 0. The van der Waals surface area contributed by atoms with Crippen LogP contribution >= 0.6 is 11.3 Å². The van der Waals surface area contributed by atoms with Crippen molar-refractivity contribution >= 4 is 26.3 Å². The average Bonchev–Trinajstić information content (AvgIpc) is 2.58. The van der Waals surface area contributed by atoms with Crippen LogP contribution in [0.2, 0.25) is 0 Å². The van der Waals surface area contributed by atoms with E-state index in [4.69, 9.17) is 5.73 Å². The highest BCUT2D eigenvalue weighted by atomic mass is 32.2. The van der Waals surface area contributed by atoms with Gasteiger partial charge in [-0.1, -0.05) is 0 Å². The van der Waals surface area contributed by atoms with Crippen LogP contribution in [0.1, 0.15) is 30.5 Å². The zero-order chi connectivity index (χ0) is 13.5. The Kier molecular flexibility index (Phi) is 3.66. The predicted molar refractivity (Wildman–Crippen MR) is 74.9 cm³/mol. The molecule has 1 aromatic rings. The Morgan fingerprint density at radius 1 is 1.56 bits per heavy atom. The van der Waals surface area contributed by atoms with Gasteiger partial charge >= 0.3 is 0 Å². The summed E-state index contributed by atoms with van der Waals surface area (Å²) in [5, 5.41) is 0.891. The number of sulfone groups is 1. The first-order valence-electron chi connectivity index (χ1n) is 6.00. The molecule has 1 aliphatic rings. The van der Waals surface area contributed by atoms with Gasteiger partial charge in [0, 0.05) is 23.5 Å². The summed E-state index contributed by atoms with van der Waals surface area (Å²) in [4.78, 5) is 7.67. The van der Waals surface area contributed by atoms with Crippen molar-refractivity contribution in [1.82, 2.24) is 4.98 Å².